The van der Waals surface area contributed by atoms with Gasteiger partial charge in [0.2, 0.25) is 0 Å². The van der Waals surface area contributed by atoms with Crippen molar-refractivity contribution in [3.63, 3.8) is 0 Å². The number of methoxy groups -OCH3 is 1. The SMILES string of the molecule is C[CH-]OC.[Y+3]. The van der Waals surface area contributed by atoms with Gasteiger partial charge in [-0.15, -0.1) is 0 Å². The van der Waals surface area contributed by atoms with Gasteiger partial charge in [0.15, 0.2) is 0 Å². The summed E-state index contributed by atoms with van der Waals surface area (Å²) in [6.45, 7) is 3.46. The van der Waals surface area contributed by atoms with E-state index in [4.69, 9.17) is 0 Å². The molecule has 0 aromatic rings. The molecule has 0 aliphatic carbocycles. The van der Waals surface area contributed by atoms with Gasteiger partial charge in [0.05, 0.1) is 0 Å². The van der Waals surface area contributed by atoms with Crippen LogP contribution < -0.4 is 0 Å². The van der Waals surface area contributed by atoms with E-state index in [2.05, 4.69) is 4.74 Å². The normalized spacial score (nSPS) is 6.00. The van der Waals surface area contributed by atoms with Crippen LogP contribution in [-0.4, -0.2) is 7.11 Å². The molecule has 0 aromatic heterocycles. The van der Waals surface area contributed by atoms with Crippen LogP contribution in [0.15, 0.2) is 0 Å². The largest absolute Gasteiger partial charge is 3.00 e. The van der Waals surface area contributed by atoms with E-state index in [1.54, 1.807) is 13.7 Å². The standard InChI is InChI=1S/C3H7O.Y/c1-3-4-2;/h3H,1-2H3;/q-1;+3. The summed E-state index contributed by atoms with van der Waals surface area (Å²) in [6, 6.07) is 0. The molecule has 0 N–H and O–H groups in total. The zero-order valence-electron chi connectivity index (χ0n) is 3.56. The van der Waals surface area contributed by atoms with Crippen molar-refractivity contribution in [1.82, 2.24) is 0 Å². The molecule has 0 bridgehead atoms. The van der Waals surface area contributed by atoms with Gasteiger partial charge < -0.3 is 4.74 Å². The minimum absolute atomic E-state index is 0. The van der Waals surface area contributed by atoms with Crippen LogP contribution in [0.5, 0.6) is 0 Å². The second-order valence-corrected chi connectivity index (χ2v) is 0.471. The van der Waals surface area contributed by atoms with Gasteiger partial charge >= 0.3 is 32.7 Å². The Hall–Kier alpha value is 1.06. The quantitative estimate of drug-likeness (QED) is 0.500. The fourth-order valence-corrected chi connectivity index (χ4v) is 0. The van der Waals surface area contributed by atoms with Gasteiger partial charge in [-0.05, 0) is 7.11 Å². The molecule has 0 saturated carbocycles. The molecule has 0 spiro atoms. The Morgan fingerprint density at radius 2 is 1.80 bits per heavy atom. The van der Waals surface area contributed by atoms with Crippen molar-refractivity contribution in [3.8, 4) is 0 Å². The van der Waals surface area contributed by atoms with Crippen molar-refractivity contribution in [2.45, 2.75) is 6.92 Å². The summed E-state index contributed by atoms with van der Waals surface area (Å²) in [4.78, 5) is 0. The summed E-state index contributed by atoms with van der Waals surface area (Å²) in [5, 5.41) is 0. The molecule has 0 aliphatic heterocycles. The Kier molecular flexibility index (Phi) is 16.8. The van der Waals surface area contributed by atoms with Gasteiger partial charge in [-0.3, -0.25) is 0 Å². The molecule has 26 valence electrons. The van der Waals surface area contributed by atoms with Crippen LogP contribution in [0.4, 0.5) is 0 Å². The third kappa shape index (κ3) is 11.2. The third-order valence-corrected chi connectivity index (χ3v) is 0.236. The molecule has 2 heteroatoms. The van der Waals surface area contributed by atoms with E-state index in [1.165, 1.54) is 0 Å². The Bertz CT molecular complexity index is 8.85. The van der Waals surface area contributed by atoms with Gasteiger partial charge in [-0.1, -0.05) is 0 Å². The van der Waals surface area contributed by atoms with E-state index < -0.39 is 0 Å². The molecular formula is C3H7OY+2. The molecular weight excluding hydrogens is 141 g/mol. The van der Waals surface area contributed by atoms with Crippen LogP contribution in [0.1, 0.15) is 6.92 Å². The van der Waals surface area contributed by atoms with E-state index in [-0.39, 0.29) is 32.7 Å². The maximum atomic E-state index is 4.42. The first-order valence-corrected chi connectivity index (χ1v) is 1.22. The van der Waals surface area contributed by atoms with Crippen LogP contribution in [0, 0.1) is 6.61 Å². The second kappa shape index (κ2) is 8.91. The minimum atomic E-state index is 0. The average Bonchev–Trinajstić information content (AvgIpc) is 1.37. The molecule has 0 radical (unpaired) electrons. The number of hydrogen-bond donors (Lipinski definition) is 0. The Morgan fingerprint density at radius 1 is 1.60 bits per heavy atom. The van der Waals surface area contributed by atoms with E-state index >= 15 is 0 Å². The molecule has 0 heterocycles. The summed E-state index contributed by atoms with van der Waals surface area (Å²) in [5.41, 5.74) is 0. The number of hydrogen-bond acceptors (Lipinski definition) is 1. The van der Waals surface area contributed by atoms with Crippen molar-refractivity contribution in [1.29, 1.82) is 0 Å². The smallest absolute Gasteiger partial charge is 0.555 e. The van der Waals surface area contributed by atoms with Crippen LogP contribution in [0.3, 0.4) is 0 Å². The Morgan fingerprint density at radius 3 is 1.80 bits per heavy atom. The molecule has 0 aromatic carbocycles. The molecule has 0 atom stereocenters. The Labute approximate surface area is 58.0 Å². The van der Waals surface area contributed by atoms with E-state index in [1.807, 2.05) is 6.92 Å². The van der Waals surface area contributed by atoms with E-state index in [0.717, 1.165) is 0 Å². The van der Waals surface area contributed by atoms with Crippen LogP contribution in [0.2, 0.25) is 0 Å². The van der Waals surface area contributed by atoms with E-state index in [0.29, 0.717) is 0 Å². The molecule has 0 unspecified atom stereocenters. The first-order chi connectivity index (χ1) is 1.91. The van der Waals surface area contributed by atoms with Crippen LogP contribution in [-0.2, 0) is 37.4 Å². The first kappa shape index (κ1) is 9.42. The molecule has 1 nitrogen and oxygen atoms in total. The summed E-state index contributed by atoms with van der Waals surface area (Å²) < 4.78 is 4.42. The second-order valence-electron chi connectivity index (χ2n) is 0.471. The summed E-state index contributed by atoms with van der Waals surface area (Å²) in [7, 11) is 1.62. The van der Waals surface area contributed by atoms with Crippen LogP contribution in [0.25, 0.3) is 0 Å². The van der Waals surface area contributed by atoms with Gasteiger partial charge in [-0.2, -0.15) is 6.92 Å². The topological polar surface area (TPSA) is 9.23 Å². The van der Waals surface area contributed by atoms with Gasteiger partial charge in [0.25, 0.3) is 0 Å². The molecule has 0 rings (SSSR count). The monoisotopic (exact) mass is 148 g/mol. The summed E-state index contributed by atoms with van der Waals surface area (Å²) in [6.07, 6.45) is 0. The van der Waals surface area contributed by atoms with Gasteiger partial charge in [0, 0.05) is 0 Å². The van der Waals surface area contributed by atoms with Gasteiger partial charge in [-0.25, -0.2) is 6.61 Å². The molecule has 0 saturated heterocycles. The number of rotatable bonds is 1. The fraction of sp³-hybridized carbons (Fsp3) is 0.667. The van der Waals surface area contributed by atoms with Crippen molar-refractivity contribution >= 4 is 0 Å². The Balaban J connectivity index is 0. The summed E-state index contributed by atoms with van der Waals surface area (Å²) >= 11 is 0. The average molecular weight is 148 g/mol. The van der Waals surface area contributed by atoms with Gasteiger partial charge in [0.1, 0.15) is 0 Å². The summed E-state index contributed by atoms with van der Waals surface area (Å²) in [5.74, 6) is 0. The predicted octanol–water partition coefficient (Wildman–Crippen LogP) is 0.812. The minimum Gasteiger partial charge on any atom is -0.555 e. The van der Waals surface area contributed by atoms with Crippen molar-refractivity contribution in [2.75, 3.05) is 7.11 Å². The maximum absolute atomic E-state index is 4.42. The predicted molar refractivity (Wildman–Crippen MR) is 17.0 cm³/mol. The zero-order valence-corrected chi connectivity index (χ0v) is 6.40. The van der Waals surface area contributed by atoms with Crippen molar-refractivity contribution < 1.29 is 37.4 Å². The fourth-order valence-electron chi connectivity index (χ4n) is 0. The van der Waals surface area contributed by atoms with Crippen LogP contribution >= 0.6 is 0 Å². The number of ether oxygens (including phenoxy) is 1. The third-order valence-electron chi connectivity index (χ3n) is 0.236. The zero-order chi connectivity index (χ0) is 3.41. The molecule has 0 aliphatic rings. The van der Waals surface area contributed by atoms with Crippen molar-refractivity contribution in [2.24, 2.45) is 0 Å². The van der Waals surface area contributed by atoms with Crippen molar-refractivity contribution in [3.05, 3.63) is 6.61 Å². The molecule has 0 fully saturated rings. The van der Waals surface area contributed by atoms with E-state index in [9.17, 15) is 0 Å². The molecule has 5 heavy (non-hydrogen) atoms. The molecule has 0 amide bonds. The first-order valence-electron chi connectivity index (χ1n) is 1.22. The maximum Gasteiger partial charge on any atom is 3.00 e.